The lowest BCUT2D eigenvalue weighted by Gasteiger charge is -1.99. The summed E-state index contributed by atoms with van der Waals surface area (Å²) in [6.45, 7) is 1.90. The van der Waals surface area contributed by atoms with Gasteiger partial charge in [0.1, 0.15) is 5.82 Å². The average molecular weight is 222 g/mol. The summed E-state index contributed by atoms with van der Waals surface area (Å²) in [6, 6.07) is 2.29. The average Bonchev–Trinajstić information content (AvgIpc) is 2.21. The second-order valence-corrected chi connectivity index (χ2v) is 3.21. The van der Waals surface area contributed by atoms with Gasteiger partial charge >= 0.3 is 0 Å². The molecule has 0 amide bonds. The maximum atomic E-state index is 13.4. The molecule has 1 aromatic rings. The van der Waals surface area contributed by atoms with Gasteiger partial charge in [0, 0.05) is 11.6 Å². The van der Waals surface area contributed by atoms with Crippen LogP contribution in [0.3, 0.4) is 0 Å². The number of hydrogen-bond acceptors (Lipinski definition) is 3. The van der Waals surface area contributed by atoms with Crippen molar-refractivity contribution in [1.82, 2.24) is 5.32 Å². The van der Waals surface area contributed by atoms with E-state index in [1.165, 1.54) is 6.92 Å². The third-order valence-electron chi connectivity index (χ3n) is 1.97. The lowest BCUT2D eigenvalue weighted by atomic mass is 10.1. The normalized spacial score (nSPS) is 9.44. The molecule has 0 spiro atoms. The highest BCUT2D eigenvalue weighted by molar-refractivity contribution is 5.49. The summed E-state index contributed by atoms with van der Waals surface area (Å²) in [5.41, 5.74) is 0.226. The Kier molecular flexibility index (Phi) is 3.97. The minimum atomic E-state index is -0.544. The molecule has 0 radical (unpaired) electrons. The largest absolute Gasteiger partial charge is 0.309 e. The summed E-state index contributed by atoms with van der Waals surface area (Å²) >= 11 is 0. The van der Waals surface area contributed by atoms with Crippen LogP contribution in [0.2, 0.25) is 0 Å². The van der Waals surface area contributed by atoms with Gasteiger partial charge in [-0.05, 0) is 20.0 Å². The quantitative estimate of drug-likeness (QED) is 0.470. The number of nitrogens with one attached hydrogen (secondary N) is 1. The first-order valence-electron chi connectivity index (χ1n) is 4.64. The number of aryl methyl sites for hydroxylation is 1. The van der Waals surface area contributed by atoms with Gasteiger partial charge in [-0.3, -0.25) is 10.1 Å². The Hall–Kier alpha value is -1.93. The van der Waals surface area contributed by atoms with Crippen molar-refractivity contribution < 1.29 is 9.31 Å². The fourth-order valence-corrected chi connectivity index (χ4v) is 1.18. The Morgan fingerprint density at radius 1 is 1.56 bits per heavy atom. The Morgan fingerprint density at radius 2 is 2.25 bits per heavy atom. The zero-order chi connectivity index (χ0) is 12.1. The number of rotatable bonds is 2. The zero-order valence-corrected chi connectivity index (χ0v) is 9.00. The molecule has 0 atom stereocenters. The van der Waals surface area contributed by atoms with Crippen molar-refractivity contribution in [3.63, 3.8) is 0 Å². The maximum Gasteiger partial charge on any atom is 0.273 e. The van der Waals surface area contributed by atoms with Crippen molar-refractivity contribution in [1.29, 1.82) is 0 Å². The minimum absolute atomic E-state index is 0.0487. The van der Waals surface area contributed by atoms with Crippen LogP contribution in [0.1, 0.15) is 11.1 Å². The second kappa shape index (κ2) is 5.24. The van der Waals surface area contributed by atoms with E-state index in [1.54, 1.807) is 7.05 Å². The number of benzene rings is 1. The van der Waals surface area contributed by atoms with Crippen LogP contribution in [0, 0.1) is 34.7 Å². The van der Waals surface area contributed by atoms with Crippen molar-refractivity contribution in [2.24, 2.45) is 0 Å². The fourth-order valence-electron chi connectivity index (χ4n) is 1.18. The molecule has 0 aliphatic heterocycles. The molecule has 0 heterocycles. The van der Waals surface area contributed by atoms with Gasteiger partial charge in [-0.1, -0.05) is 11.8 Å². The molecule has 0 fully saturated rings. The second-order valence-electron chi connectivity index (χ2n) is 3.21. The molecule has 16 heavy (non-hydrogen) atoms. The molecule has 1 rings (SSSR count). The summed E-state index contributed by atoms with van der Waals surface area (Å²) in [4.78, 5) is 10.1. The van der Waals surface area contributed by atoms with Gasteiger partial charge in [-0.25, -0.2) is 4.39 Å². The molecule has 84 valence electrons. The molecular weight excluding hydrogens is 211 g/mol. The van der Waals surface area contributed by atoms with Crippen LogP contribution in [-0.2, 0) is 0 Å². The molecule has 0 aliphatic carbocycles. The Bertz CT molecular complexity index is 475. The summed E-state index contributed by atoms with van der Waals surface area (Å²) < 4.78 is 13.4. The predicted molar refractivity (Wildman–Crippen MR) is 58.6 cm³/mol. The van der Waals surface area contributed by atoms with E-state index < -0.39 is 10.7 Å². The summed E-state index contributed by atoms with van der Waals surface area (Å²) in [5.74, 6) is 4.66. The third-order valence-corrected chi connectivity index (χ3v) is 1.97. The standard InChI is InChI=1S/C11H11FN2O2/c1-8-6-10(12)9(4-3-5-13-2)7-11(8)14(15)16/h6-7,13H,5H2,1-2H3. The molecule has 5 heteroatoms. The highest BCUT2D eigenvalue weighted by Gasteiger charge is 2.14. The predicted octanol–water partition coefficient (Wildman–Crippen LogP) is 1.61. The molecule has 1 N–H and O–H groups in total. The van der Waals surface area contributed by atoms with Gasteiger partial charge in [0.25, 0.3) is 5.69 Å². The maximum absolute atomic E-state index is 13.4. The molecule has 0 aromatic heterocycles. The topological polar surface area (TPSA) is 55.2 Å². The van der Waals surface area contributed by atoms with E-state index in [0.29, 0.717) is 12.1 Å². The van der Waals surface area contributed by atoms with Crippen LogP contribution in [0.25, 0.3) is 0 Å². The molecule has 0 aliphatic rings. The van der Waals surface area contributed by atoms with Crippen molar-refractivity contribution in [3.8, 4) is 11.8 Å². The molecule has 0 saturated heterocycles. The van der Waals surface area contributed by atoms with Crippen molar-refractivity contribution in [3.05, 3.63) is 39.2 Å². The van der Waals surface area contributed by atoms with E-state index in [1.807, 2.05) is 0 Å². The first kappa shape index (κ1) is 12.1. The highest BCUT2D eigenvalue weighted by atomic mass is 19.1. The molecule has 4 nitrogen and oxygen atoms in total. The highest BCUT2D eigenvalue weighted by Crippen LogP contribution is 2.21. The smallest absolute Gasteiger partial charge is 0.273 e. The lowest BCUT2D eigenvalue weighted by Crippen LogP contribution is -2.04. The van der Waals surface area contributed by atoms with E-state index >= 15 is 0 Å². The van der Waals surface area contributed by atoms with E-state index in [0.717, 1.165) is 12.1 Å². The van der Waals surface area contributed by atoms with E-state index in [-0.39, 0.29) is 11.3 Å². The Morgan fingerprint density at radius 3 is 2.81 bits per heavy atom. The summed E-state index contributed by atoms with van der Waals surface area (Å²) in [6.07, 6.45) is 0. The van der Waals surface area contributed by atoms with Gasteiger partial charge in [-0.2, -0.15) is 0 Å². The number of nitro groups is 1. The molecule has 0 bridgehead atoms. The first-order valence-corrected chi connectivity index (χ1v) is 4.64. The van der Waals surface area contributed by atoms with Gasteiger partial charge in [-0.15, -0.1) is 0 Å². The molecular formula is C11H11FN2O2. The summed E-state index contributed by atoms with van der Waals surface area (Å²) in [7, 11) is 1.71. The first-order chi connectivity index (χ1) is 7.56. The SMILES string of the molecule is CNCC#Cc1cc([N+](=O)[O-])c(C)cc1F. The van der Waals surface area contributed by atoms with Crippen LogP contribution in [0.4, 0.5) is 10.1 Å². The fraction of sp³-hybridized carbons (Fsp3) is 0.273. The molecule has 1 aromatic carbocycles. The number of nitro benzene ring substituents is 1. The van der Waals surface area contributed by atoms with Crippen LogP contribution in [-0.4, -0.2) is 18.5 Å². The molecule has 0 unspecified atom stereocenters. The minimum Gasteiger partial charge on any atom is -0.309 e. The van der Waals surface area contributed by atoms with Crippen LogP contribution in [0.5, 0.6) is 0 Å². The van der Waals surface area contributed by atoms with Crippen molar-refractivity contribution in [2.45, 2.75) is 6.92 Å². The van der Waals surface area contributed by atoms with Gasteiger partial charge in [0.2, 0.25) is 0 Å². The van der Waals surface area contributed by atoms with Crippen molar-refractivity contribution >= 4 is 5.69 Å². The number of nitrogens with zero attached hydrogens (tertiary/aromatic N) is 1. The van der Waals surface area contributed by atoms with Crippen LogP contribution in [0.15, 0.2) is 12.1 Å². The zero-order valence-electron chi connectivity index (χ0n) is 9.00. The van der Waals surface area contributed by atoms with Crippen LogP contribution < -0.4 is 5.32 Å². The van der Waals surface area contributed by atoms with E-state index in [2.05, 4.69) is 17.2 Å². The lowest BCUT2D eigenvalue weighted by molar-refractivity contribution is -0.385. The van der Waals surface area contributed by atoms with Crippen molar-refractivity contribution in [2.75, 3.05) is 13.6 Å². The number of hydrogen-bond donors (Lipinski definition) is 1. The van der Waals surface area contributed by atoms with E-state index in [4.69, 9.17) is 0 Å². The van der Waals surface area contributed by atoms with Gasteiger partial charge in [0.05, 0.1) is 17.0 Å². The Balaban J connectivity index is 3.16. The molecule has 0 saturated carbocycles. The monoisotopic (exact) mass is 222 g/mol. The Labute approximate surface area is 92.6 Å². The number of halogens is 1. The van der Waals surface area contributed by atoms with Gasteiger partial charge in [0.15, 0.2) is 0 Å². The summed E-state index contributed by atoms with van der Waals surface area (Å²) in [5, 5.41) is 13.4. The third kappa shape index (κ3) is 2.78. The van der Waals surface area contributed by atoms with Crippen LogP contribution >= 0.6 is 0 Å². The van der Waals surface area contributed by atoms with Gasteiger partial charge < -0.3 is 5.32 Å². The van der Waals surface area contributed by atoms with E-state index in [9.17, 15) is 14.5 Å².